The van der Waals surface area contributed by atoms with E-state index in [9.17, 15) is 14.0 Å². The Kier molecular flexibility index (Phi) is 8.37. The molecule has 0 bridgehead atoms. The van der Waals surface area contributed by atoms with E-state index < -0.39 is 17.8 Å². The highest BCUT2D eigenvalue weighted by molar-refractivity contribution is 5.88. The highest BCUT2D eigenvalue weighted by Gasteiger charge is 2.30. The number of amides is 2. The molecule has 6 heteroatoms. The zero-order chi connectivity index (χ0) is 22.8. The van der Waals surface area contributed by atoms with Gasteiger partial charge in [-0.25, -0.2) is 4.39 Å². The second-order valence-corrected chi connectivity index (χ2v) is 7.33. The van der Waals surface area contributed by atoms with Crippen molar-refractivity contribution in [3.05, 3.63) is 102 Å². The predicted octanol–water partition coefficient (Wildman–Crippen LogP) is 3.98. The first-order chi connectivity index (χ1) is 15.6. The molecular formula is C26H27FN2O3. The van der Waals surface area contributed by atoms with Gasteiger partial charge in [0.05, 0.1) is 0 Å². The number of hydrogen-bond acceptors (Lipinski definition) is 3. The predicted molar refractivity (Wildman–Crippen MR) is 122 cm³/mol. The maximum Gasteiger partial charge on any atom is 0.261 e. The highest BCUT2D eigenvalue weighted by Crippen LogP contribution is 2.18. The van der Waals surface area contributed by atoms with Crippen LogP contribution in [0.1, 0.15) is 18.1 Å². The van der Waals surface area contributed by atoms with Crippen molar-refractivity contribution in [2.24, 2.45) is 0 Å². The molecule has 1 N–H and O–H groups in total. The molecule has 0 aliphatic rings. The number of carbonyl (C=O) groups is 2. The summed E-state index contributed by atoms with van der Waals surface area (Å²) in [5.41, 5.74) is 1.82. The normalized spacial score (nSPS) is 11.4. The lowest BCUT2D eigenvalue weighted by Gasteiger charge is -2.31. The third-order valence-electron chi connectivity index (χ3n) is 5.01. The quantitative estimate of drug-likeness (QED) is 0.525. The van der Waals surface area contributed by atoms with E-state index in [2.05, 4.69) is 5.32 Å². The number of benzene rings is 3. The molecule has 3 rings (SSSR count). The van der Waals surface area contributed by atoms with Crippen LogP contribution in [0, 0.1) is 5.82 Å². The summed E-state index contributed by atoms with van der Waals surface area (Å²) in [6.07, 6.45) is 0.352. The van der Waals surface area contributed by atoms with E-state index in [4.69, 9.17) is 4.74 Å². The molecule has 3 aromatic rings. The molecule has 3 aromatic carbocycles. The van der Waals surface area contributed by atoms with E-state index in [1.165, 1.54) is 17.0 Å². The van der Waals surface area contributed by atoms with Gasteiger partial charge in [-0.15, -0.1) is 0 Å². The SMILES string of the molecule is CCNC(=O)[C@H](Cc1ccccc1)N(Cc1ccccc1)C(=O)COc1ccccc1F. The molecule has 0 heterocycles. The van der Waals surface area contributed by atoms with Crippen molar-refractivity contribution < 1.29 is 18.7 Å². The van der Waals surface area contributed by atoms with Crippen LogP contribution in [-0.2, 0) is 22.6 Å². The molecule has 0 saturated carbocycles. The molecule has 2 amide bonds. The standard InChI is InChI=1S/C26H27FN2O3/c1-2-28-26(31)23(17-20-11-5-3-6-12-20)29(18-21-13-7-4-8-14-21)25(30)19-32-24-16-10-9-15-22(24)27/h3-16,23H,2,17-19H2,1H3,(H,28,31)/t23-/m0/s1. The van der Waals surface area contributed by atoms with Crippen molar-refractivity contribution in [2.45, 2.75) is 25.9 Å². The number of ether oxygens (including phenoxy) is 1. The van der Waals surface area contributed by atoms with Crippen LogP contribution < -0.4 is 10.1 Å². The van der Waals surface area contributed by atoms with E-state index in [1.807, 2.05) is 67.6 Å². The molecule has 0 spiro atoms. The van der Waals surface area contributed by atoms with E-state index in [0.29, 0.717) is 13.0 Å². The van der Waals surface area contributed by atoms with Crippen LogP contribution in [0.25, 0.3) is 0 Å². The molecule has 32 heavy (non-hydrogen) atoms. The Bertz CT molecular complexity index is 1010. The van der Waals surface area contributed by atoms with Gasteiger partial charge in [0, 0.05) is 19.5 Å². The number of hydrogen-bond donors (Lipinski definition) is 1. The molecule has 0 radical (unpaired) electrons. The first kappa shape index (κ1) is 23.0. The molecule has 0 aliphatic heterocycles. The lowest BCUT2D eigenvalue weighted by atomic mass is 10.0. The van der Waals surface area contributed by atoms with Gasteiger partial charge in [0.25, 0.3) is 5.91 Å². The number of halogens is 1. The monoisotopic (exact) mass is 434 g/mol. The average molecular weight is 435 g/mol. The van der Waals surface area contributed by atoms with Gasteiger partial charge in [-0.2, -0.15) is 0 Å². The van der Waals surface area contributed by atoms with Crippen molar-refractivity contribution in [1.29, 1.82) is 0 Å². The van der Waals surface area contributed by atoms with Gasteiger partial charge in [0.2, 0.25) is 5.91 Å². The molecule has 0 unspecified atom stereocenters. The van der Waals surface area contributed by atoms with Gasteiger partial charge in [-0.1, -0.05) is 72.8 Å². The van der Waals surface area contributed by atoms with Gasteiger partial charge in [-0.05, 0) is 30.2 Å². The molecule has 0 saturated heterocycles. The number of para-hydroxylation sites is 1. The zero-order valence-corrected chi connectivity index (χ0v) is 18.0. The van der Waals surface area contributed by atoms with Crippen LogP contribution >= 0.6 is 0 Å². The summed E-state index contributed by atoms with van der Waals surface area (Å²) in [5, 5.41) is 2.84. The van der Waals surface area contributed by atoms with Crippen LogP contribution in [0.3, 0.4) is 0 Å². The maximum atomic E-state index is 13.9. The van der Waals surface area contributed by atoms with Crippen molar-refractivity contribution in [3.63, 3.8) is 0 Å². The van der Waals surface area contributed by atoms with Gasteiger partial charge >= 0.3 is 0 Å². The van der Waals surface area contributed by atoms with Crippen molar-refractivity contribution >= 4 is 11.8 Å². The second kappa shape index (κ2) is 11.6. The minimum Gasteiger partial charge on any atom is -0.481 e. The molecule has 1 atom stereocenters. The summed E-state index contributed by atoms with van der Waals surface area (Å²) in [7, 11) is 0. The Morgan fingerprint density at radius 2 is 1.50 bits per heavy atom. The van der Waals surface area contributed by atoms with Gasteiger partial charge in [0.1, 0.15) is 6.04 Å². The number of nitrogens with zero attached hydrogens (tertiary/aromatic N) is 1. The Labute approximate surface area is 187 Å². The van der Waals surface area contributed by atoms with Crippen LogP contribution in [0.2, 0.25) is 0 Å². The minimum atomic E-state index is -0.741. The van der Waals surface area contributed by atoms with Crippen LogP contribution in [0.5, 0.6) is 5.75 Å². The fraction of sp³-hybridized carbons (Fsp3) is 0.231. The lowest BCUT2D eigenvalue weighted by molar-refractivity contribution is -0.142. The van der Waals surface area contributed by atoms with Crippen molar-refractivity contribution in [1.82, 2.24) is 10.2 Å². The third kappa shape index (κ3) is 6.41. The van der Waals surface area contributed by atoms with E-state index in [1.54, 1.807) is 12.1 Å². The van der Waals surface area contributed by atoms with E-state index >= 15 is 0 Å². The average Bonchev–Trinajstić information content (AvgIpc) is 2.82. The number of rotatable bonds is 10. The summed E-state index contributed by atoms with van der Waals surface area (Å²) >= 11 is 0. The first-order valence-corrected chi connectivity index (χ1v) is 10.6. The summed E-state index contributed by atoms with van der Waals surface area (Å²) in [4.78, 5) is 27.8. The zero-order valence-electron chi connectivity index (χ0n) is 18.0. The highest BCUT2D eigenvalue weighted by atomic mass is 19.1. The Morgan fingerprint density at radius 3 is 2.12 bits per heavy atom. The number of likely N-dealkylation sites (N-methyl/N-ethyl adjacent to an activating group) is 1. The van der Waals surface area contributed by atoms with Crippen molar-refractivity contribution in [3.8, 4) is 5.75 Å². The fourth-order valence-corrected chi connectivity index (χ4v) is 3.41. The van der Waals surface area contributed by atoms with Crippen molar-refractivity contribution in [2.75, 3.05) is 13.2 Å². The summed E-state index contributed by atoms with van der Waals surface area (Å²) in [6.45, 7) is 2.14. The Balaban J connectivity index is 1.87. The van der Waals surface area contributed by atoms with Gasteiger partial charge in [-0.3, -0.25) is 9.59 Å². The number of nitrogens with one attached hydrogen (secondary N) is 1. The minimum absolute atomic E-state index is 0.00173. The first-order valence-electron chi connectivity index (χ1n) is 10.6. The third-order valence-corrected chi connectivity index (χ3v) is 5.01. The molecular weight excluding hydrogens is 407 g/mol. The van der Waals surface area contributed by atoms with Crippen LogP contribution in [0.4, 0.5) is 4.39 Å². The van der Waals surface area contributed by atoms with Gasteiger partial charge < -0.3 is 15.0 Å². The second-order valence-electron chi connectivity index (χ2n) is 7.33. The Hall–Kier alpha value is -3.67. The maximum absolute atomic E-state index is 13.9. The summed E-state index contributed by atoms with van der Waals surface area (Å²) in [5.74, 6) is -1.19. The summed E-state index contributed by atoms with van der Waals surface area (Å²) < 4.78 is 19.4. The fourth-order valence-electron chi connectivity index (χ4n) is 3.41. The molecule has 166 valence electrons. The molecule has 0 fully saturated rings. The topological polar surface area (TPSA) is 58.6 Å². The van der Waals surface area contributed by atoms with E-state index in [0.717, 1.165) is 11.1 Å². The number of carbonyl (C=O) groups excluding carboxylic acids is 2. The molecule has 5 nitrogen and oxygen atoms in total. The smallest absolute Gasteiger partial charge is 0.261 e. The van der Waals surface area contributed by atoms with E-state index in [-0.39, 0.29) is 24.8 Å². The Morgan fingerprint density at radius 1 is 0.906 bits per heavy atom. The van der Waals surface area contributed by atoms with Gasteiger partial charge in [0.15, 0.2) is 18.2 Å². The van der Waals surface area contributed by atoms with Crippen LogP contribution in [-0.4, -0.2) is 35.9 Å². The summed E-state index contributed by atoms with van der Waals surface area (Å²) in [6, 6.07) is 24.2. The largest absolute Gasteiger partial charge is 0.481 e. The van der Waals surface area contributed by atoms with Crippen LogP contribution in [0.15, 0.2) is 84.9 Å². The molecule has 0 aromatic heterocycles. The lowest BCUT2D eigenvalue weighted by Crippen LogP contribution is -2.51. The molecule has 0 aliphatic carbocycles.